The van der Waals surface area contributed by atoms with Crippen molar-refractivity contribution in [3.05, 3.63) is 59.8 Å². The number of aromatic nitrogens is 1. The zero-order chi connectivity index (χ0) is 16.9. The minimum Gasteiger partial charge on any atom is -0.497 e. The summed E-state index contributed by atoms with van der Waals surface area (Å²) in [6.45, 7) is 0.573. The molecule has 5 nitrogen and oxygen atoms in total. The molecule has 0 fully saturated rings. The number of carbonyl (C=O) groups excluding carboxylic acids is 1. The van der Waals surface area contributed by atoms with Crippen molar-refractivity contribution in [3.8, 4) is 11.5 Å². The number of rotatable bonds is 6. The molecule has 24 heavy (non-hydrogen) atoms. The van der Waals surface area contributed by atoms with E-state index in [2.05, 4.69) is 10.3 Å². The van der Waals surface area contributed by atoms with Gasteiger partial charge in [0.2, 0.25) is 0 Å². The molecule has 5 heteroatoms. The Hall–Kier alpha value is -2.95. The summed E-state index contributed by atoms with van der Waals surface area (Å²) in [4.78, 5) is 15.4. The molecule has 2 N–H and O–H groups in total. The van der Waals surface area contributed by atoms with Crippen LogP contribution in [0.1, 0.15) is 16.1 Å². The van der Waals surface area contributed by atoms with Crippen molar-refractivity contribution in [2.24, 2.45) is 0 Å². The van der Waals surface area contributed by atoms with E-state index in [1.807, 2.05) is 48.5 Å². The minimum atomic E-state index is -0.112. The third-order valence-electron chi connectivity index (χ3n) is 3.93. The van der Waals surface area contributed by atoms with E-state index in [1.165, 1.54) is 0 Å². The number of aromatic amines is 1. The first-order valence-corrected chi connectivity index (χ1v) is 7.77. The predicted molar refractivity (Wildman–Crippen MR) is 93.9 cm³/mol. The summed E-state index contributed by atoms with van der Waals surface area (Å²) in [5, 5.41) is 3.89. The van der Waals surface area contributed by atoms with Gasteiger partial charge in [-0.3, -0.25) is 4.79 Å². The second kappa shape index (κ2) is 7.08. The average Bonchev–Trinajstić information content (AvgIpc) is 3.05. The lowest BCUT2D eigenvalue weighted by Crippen LogP contribution is -2.25. The zero-order valence-corrected chi connectivity index (χ0v) is 13.8. The van der Waals surface area contributed by atoms with Crippen LogP contribution in [0.25, 0.3) is 10.9 Å². The molecule has 0 saturated carbocycles. The molecule has 0 aliphatic rings. The second-order valence-electron chi connectivity index (χ2n) is 5.49. The Bertz CT molecular complexity index is 837. The van der Waals surface area contributed by atoms with Crippen LogP contribution < -0.4 is 14.8 Å². The molecule has 0 saturated heterocycles. The summed E-state index contributed by atoms with van der Waals surface area (Å²) >= 11 is 0. The number of nitrogens with one attached hydrogen (secondary N) is 2. The van der Waals surface area contributed by atoms with Crippen LogP contribution in [0.15, 0.2) is 48.5 Å². The fourth-order valence-electron chi connectivity index (χ4n) is 2.57. The highest BCUT2D eigenvalue weighted by Gasteiger charge is 2.09. The number of fused-ring (bicyclic) bond motifs is 1. The zero-order valence-electron chi connectivity index (χ0n) is 13.8. The molecule has 3 rings (SSSR count). The van der Waals surface area contributed by atoms with Gasteiger partial charge in [0.15, 0.2) is 0 Å². The van der Waals surface area contributed by atoms with Gasteiger partial charge in [0, 0.05) is 17.4 Å². The molecule has 1 aromatic heterocycles. The van der Waals surface area contributed by atoms with E-state index >= 15 is 0 Å². The van der Waals surface area contributed by atoms with Gasteiger partial charge in [0.1, 0.15) is 17.2 Å². The summed E-state index contributed by atoms with van der Waals surface area (Å²) < 4.78 is 10.3. The Morgan fingerprint density at radius 3 is 2.42 bits per heavy atom. The number of amides is 1. The van der Waals surface area contributed by atoms with E-state index in [4.69, 9.17) is 9.47 Å². The third-order valence-corrected chi connectivity index (χ3v) is 3.93. The van der Waals surface area contributed by atoms with Crippen LogP contribution in [0.4, 0.5) is 0 Å². The first-order valence-electron chi connectivity index (χ1n) is 7.77. The highest BCUT2D eigenvalue weighted by molar-refractivity contribution is 5.98. The molecule has 0 unspecified atom stereocenters. The van der Waals surface area contributed by atoms with Gasteiger partial charge in [0.25, 0.3) is 5.91 Å². The highest BCUT2D eigenvalue weighted by atomic mass is 16.5. The largest absolute Gasteiger partial charge is 0.497 e. The van der Waals surface area contributed by atoms with Gasteiger partial charge < -0.3 is 19.8 Å². The van der Waals surface area contributed by atoms with Crippen molar-refractivity contribution < 1.29 is 14.3 Å². The van der Waals surface area contributed by atoms with Crippen LogP contribution in [0.5, 0.6) is 11.5 Å². The lowest BCUT2D eigenvalue weighted by Gasteiger charge is -2.05. The van der Waals surface area contributed by atoms with Crippen molar-refractivity contribution in [1.82, 2.24) is 10.3 Å². The average molecular weight is 324 g/mol. The van der Waals surface area contributed by atoms with Gasteiger partial charge in [-0.1, -0.05) is 12.1 Å². The third kappa shape index (κ3) is 3.51. The Labute approximate surface area is 140 Å². The molecule has 0 spiro atoms. The van der Waals surface area contributed by atoms with Crippen LogP contribution in [0, 0.1) is 0 Å². The van der Waals surface area contributed by atoms with E-state index in [0.29, 0.717) is 12.2 Å². The molecular formula is C19H20N2O3. The van der Waals surface area contributed by atoms with Gasteiger partial charge >= 0.3 is 0 Å². The number of ether oxygens (including phenoxy) is 2. The SMILES string of the molecule is COc1ccc(CCNC(=O)c2cc3cc(OC)ccc3[nH]2)cc1. The van der Waals surface area contributed by atoms with Crippen LogP contribution in [-0.4, -0.2) is 31.7 Å². The summed E-state index contributed by atoms with van der Waals surface area (Å²) in [7, 11) is 3.27. The van der Waals surface area contributed by atoms with Crippen molar-refractivity contribution in [3.63, 3.8) is 0 Å². The maximum absolute atomic E-state index is 12.3. The Morgan fingerprint density at radius 1 is 1.00 bits per heavy atom. The van der Waals surface area contributed by atoms with E-state index in [-0.39, 0.29) is 5.91 Å². The lowest BCUT2D eigenvalue weighted by atomic mass is 10.1. The molecule has 3 aromatic rings. The highest BCUT2D eigenvalue weighted by Crippen LogP contribution is 2.21. The van der Waals surface area contributed by atoms with Crippen LogP contribution in [0.3, 0.4) is 0 Å². The molecule has 2 aromatic carbocycles. The Morgan fingerprint density at radius 2 is 1.71 bits per heavy atom. The number of H-pyrrole nitrogens is 1. The van der Waals surface area contributed by atoms with Crippen molar-refractivity contribution in [2.75, 3.05) is 20.8 Å². The quantitative estimate of drug-likeness (QED) is 0.732. The molecule has 1 heterocycles. The van der Waals surface area contributed by atoms with Crippen LogP contribution in [0.2, 0.25) is 0 Å². The van der Waals surface area contributed by atoms with E-state index in [1.54, 1.807) is 14.2 Å². The number of hydrogen-bond donors (Lipinski definition) is 2. The van der Waals surface area contributed by atoms with E-state index in [9.17, 15) is 4.79 Å². The van der Waals surface area contributed by atoms with Gasteiger partial charge in [-0.2, -0.15) is 0 Å². The summed E-state index contributed by atoms with van der Waals surface area (Å²) in [6.07, 6.45) is 0.768. The molecule has 0 bridgehead atoms. The monoisotopic (exact) mass is 324 g/mol. The van der Waals surface area contributed by atoms with Crippen molar-refractivity contribution in [1.29, 1.82) is 0 Å². The number of carbonyl (C=O) groups is 1. The lowest BCUT2D eigenvalue weighted by molar-refractivity contribution is 0.0950. The fourth-order valence-corrected chi connectivity index (χ4v) is 2.57. The van der Waals surface area contributed by atoms with Gasteiger partial charge in [-0.25, -0.2) is 0 Å². The predicted octanol–water partition coefficient (Wildman–Crippen LogP) is 3.16. The van der Waals surface area contributed by atoms with E-state index < -0.39 is 0 Å². The minimum absolute atomic E-state index is 0.112. The van der Waals surface area contributed by atoms with Crippen molar-refractivity contribution in [2.45, 2.75) is 6.42 Å². The first kappa shape index (κ1) is 15.9. The molecule has 0 atom stereocenters. The van der Waals surface area contributed by atoms with E-state index in [0.717, 1.165) is 34.4 Å². The smallest absolute Gasteiger partial charge is 0.267 e. The summed E-state index contributed by atoms with van der Waals surface area (Å²) in [5.74, 6) is 1.49. The maximum Gasteiger partial charge on any atom is 0.267 e. The van der Waals surface area contributed by atoms with Crippen LogP contribution in [-0.2, 0) is 6.42 Å². The number of benzene rings is 2. The molecular weight excluding hydrogens is 304 g/mol. The van der Waals surface area contributed by atoms with Crippen LogP contribution >= 0.6 is 0 Å². The van der Waals surface area contributed by atoms with Crippen molar-refractivity contribution >= 4 is 16.8 Å². The summed E-state index contributed by atoms with van der Waals surface area (Å²) in [5.41, 5.74) is 2.61. The molecule has 1 amide bonds. The Balaban J connectivity index is 1.60. The molecule has 0 radical (unpaired) electrons. The molecule has 0 aliphatic carbocycles. The molecule has 0 aliphatic heterocycles. The number of methoxy groups -OCH3 is 2. The normalized spacial score (nSPS) is 10.6. The maximum atomic E-state index is 12.3. The fraction of sp³-hybridized carbons (Fsp3) is 0.211. The standard InChI is InChI=1S/C19H20N2O3/c1-23-15-5-3-13(4-6-15)9-10-20-19(22)18-12-14-11-16(24-2)7-8-17(14)21-18/h3-8,11-12,21H,9-10H2,1-2H3,(H,20,22). The van der Waals surface area contributed by atoms with Gasteiger partial charge in [-0.05, 0) is 48.4 Å². The summed E-state index contributed by atoms with van der Waals surface area (Å²) in [6, 6.07) is 15.3. The van der Waals surface area contributed by atoms with Gasteiger partial charge in [0.05, 0.1) is 14.2 Å². The first-order chi connectivity index (χ1) is 11.7. The molecule has 124 valence electrons. The Kier molecular flexibility index (Phi) is 4.70. The number of hydrogen-bond acceptors (Lipinski definition) is 3. The topological polar surface area (TPSA) is 63.4 Å². The van der Waals surface area contributed by atoms with Gasteiger partial charge in [-0.15, -0.1) is 0 Å². The second-order valence-corrected chi connectivity index (χ2v) is 5.49.